The van der Waals surface area contributed by atoms with Crippen LogP contribution >= 0.6 is 0 Å². The minimum Gasteiger partial charge on any atom is -0.322 e. The second-order valence-electron chi connectivity index (χ2n) is 4.76. The standard InChI is InChI=1S/C13H15F3N2O/c1-7-3-2-6-17-12(7)13(19)18-9-5-4-8(14)10(15)11(9)16/h4-5,7,12,17H,2-3,6H2,1H3,(H,18,19). The second kappa shape index (κ2) is 5.61. The normalized spacial score (nSPS) is 23.2. The Morgan fingerprint density at radius 1 is 1.32 bits per heavy atom. The average molecular weight is 272 g/mol. The predicted octanol–water partition coefficient (Wildman–Crippen LogP) is 2.43. The Hall–Kier alpha value is -1.56. The van der Waals surface area contributed by atoms with Crippen molar-refractivity contribution in [2.45, 2.75) is 25.8 Å². The van der Waals surface area contributed by atoms with Gasteiger partial charge in [0.15, 0.2) is 17.5 Å². The van der Waals surface area contributed by atoms with Gasteiger partial charge in [-0.1, -0.05) is 6.92 Å². The lowest BCUT2D eigenvalue weighted by Gasteiger charge is -2.28. The van der Waals surface area contributed by atoms with E-state index in [9.17, 15) is 18.0 Å². The number of anilines is 1. The lowest BCUT2D eigenvalue weighted by Crippen LogP contribution is -2.48. The van der Waals surface area contributed by atoms with Crippen LogP contribution in [0.15, 0.2) is 12.1 Å². The van der Waals surface area contributed by atoms with Gasteiger partial charge in [-0.3, -0.25) is 4.79 Å². The smallest absolute Gasteiger partial charge is 0.241 e. The number of benzene rings is 1. The molecule has 2 N–H and O–H groups in total. The second-order valence-corrected chi connectivity index (χ2v) is 4.76. The number of piperidine rings is 1. The lowest BCUT2D eigenvalue weighted by atomic mass is 9.92. The molecule has 1 heterocycles. The van der Waals surface area contributed by atoms with Crippen LogP contribution in [0.2, 0.25) is 0 Å². The van der Waals surface area contributed by atoms with Crippen molar-refractivity contribution >= 4 is 11.6 Å². The molecule has 19 heavy (non-hydrogen) atoms. The highest BCUT2D eigenvalue weighted by atomic mass is 19.2. The summed E-state index contributed by atoms with van der Waals surface area (Å²) in [6.07, 6.45) is 1.87. The van der Waals surface area contributed by atoms with Crippen molar-refractivity contribution in [2.24, 2.45) is 5.92 Å². The van der Waals surface area contributed by atoms with Gasteiger partial charge in [-0.25, -0.2) is 13.2 Å². The van der Waals surface area contributed by atoms with Gasteiger partial charge in [0.2, 0.25) is 5.91 Å². The van der Waals surface area contributed by atoms with E-state index in [4.69, 9.17) is 0 Å². The highest BCUT2D eigenvalue weighted by molar-refractivity contribution is 5.95. The van der Waals surface area contributed by atoms with E-state index in [2.05, 4.69) is 10.6 Å². The summed E-state index contributed by atoms with van der Waals surface area (Å²) in [7, 11) is 0. The Morgan fingerprint density at radius 2 is 2.05 bits per heavy atom. The first-order chi connectivity index (χ1) is 9.00. The molecule has 1 aliphatic rings. The maximum atomic E-state index is 13.4. The molecule has 2 rings (SSSR count). The molecular formula is C13H15F3N2O. The minimum atomic E-state index is -1.58. The summed E-state index contributed by atoms with van der Waals surface area (Å²) in [5.41, 5.74) is -0.344. The van der Waals surface area contributed by atoms with Crippen LogP contribution in [0.4, 0.5) is 18.9 Å². The van der Waals surface area contributed by atoms with Gasteiger partial charge < -0.3 is 10.6 Å². The molecule has 0 radical (unpaired) electrons. The first kappa shape index (κ1) is 13.9. The average Bonchev–Trinajstić information content (AvgIpc) is 2.40. The molecule has 0 aliphatic carbocycles. The van der Waals surface area contributed by atoms with Gasteiger partial charge in [0.1, 0.15) is 0 Å². The molecule has 104 valence electrons. The molecule has 1 amide bonds. The van der Waals surface area contributed by atoms with E-state index in [-0.39, 0.29) is 11.6 Å². The summed E-state index contributed by atoms with van der Waals surface area (Å²) < 4.78 is 39.3. The van der Waals surface area contributed by atoms with Gasteiger partial charge in [0.05, 0.1) is 11.7 Å². The topological polar surface area (TPSA) is 41.1 Å². The van der Waals surface area contributed by atoms with Crippen LogP contribution in [0.5, 0.6) is 0 Å². The zero-order valence-corrected chi connectivity index (χ0v) is 10.5. The van der Waals surface area contributed by atoms with Gasteiger partial charge in [-0.15, -0.1) is 0 Å². The molecule has 1 saturated heterocycles. The van der Waals surface area contributed by atoms with Gasteiger partial charge in [0, 0.05) is 0 Å². The predicted molar refractivity (Wildman–Crippen MR) is 65.1 cm³/mol. The van der Waals surface area contributed by atoms with Crippen molar-refractivity contribution in [3.63, 3.8) is 0 Å². The van der Waals surface area contributed by atoms with Crippen molar-refractivity contribution in [2.75, 3.05) is 11.9 Å². The number of hydrogen-bond donors (Lipinski definition) is 2. The number of hydrogen-bond acceptors (Lipinski definition) is 2. The largest absolute Gasteiger partial charge is 0.322 e. The number of amides is 1. The molecule has 0 bridgehead atoms. The van der Waals surface area contributed by atoms with E-state index < -0.39 is 29.4 Å². The Bertz CT molecular complexity index is 493. The summed E-state index contributed by atoms with van der Waals surface area (Å²) in [5.74, 6) is -4.56. The van der Waals surface area contributed by atoms with Crippen LogP contribution in [-0.2, 0) is 4.79 Å². The molecule has 1 aromatic carbocycles. The summed E-state index contributed by atoms with van der Waals surface area (Å²) in [6.45, 7) is 2.63. The van der Waals surface area contributed by atoms with Crippen LogP contribution < -0.4 is 10.6 Å². The van der Waals surface area contributed by atoms with Crippen molar-refractivity contribution in [3.8, 4) is 0 Å². The van der Waals surface area contributed by atoms with Crippen LogP contribution in [-0.4, -0.2) is 18.5 Å². The van der Waals surface area contributed by atoms with Crippen molar-refractivity contribution in [1.82, 2.24) is 5.32 Å². The lowest BCUT2D eigenvalue weighted by molar-refractivity contribution is -0.119. The van der Waals surface area contributed by atoms with Crippen molar-refractivity contribution in [1.29, 1.82) is 0 Å². The first-order valence-corrected chi connectivity index (χ1v) is 6.18. The number of carbonyl (C=O) groups is 1. The quantitative estimate of drug-likeness (QED) is 0.812. The Labute approximate surface area is 109 Å². The molecule has 6 heteroatoms. The van der Waals surface area contributed by atoms with E-state index in [0.717, 1.165) is 25.0 Å². The molecule has 1 aliphatic heterocycles. The summed E-state index contributed by atoms with van der Waals surface area (Å²) in [5, 5.41) is 5.33. The first-order valence-electron chi connectivity index (χ1n) is 6.18. The fourth-order valence-electron chi connectivity index (χ4n) is 2.23. The Kier molecular flexibility index (Phi) is 4.09. The van der Waals surface area contributed by atoms with Gasteiger partial charge in [0.25, 0.3) is 0 Å². The van der Waals surface area contributed by atoms with Crippen LogP contribution in [0, 0.1) is 23.4 Å². The number of nitrogens with one attached hydrogen (secondary N) is 2. The third-order valence-electron chi connectivity index (χ3n) is 3.35. The molecule has 1 fully saturated rings. The molecule has 0 aromatic heterocycles. The number of halogens is 3. The monoisotopic (exact) mass is 272 g/mol. The fourth-order valence-corrected chi connectivity index (χ4v) is 2.23. The van der Waals surface area contributed by atoms with Crippen LogP contribution in [0.1, 0.15) is 19.8 Å². The zero-order chi connectivity index (χ0) is 14.0. The Morgan fingerprint density at radius 3 is 2.74 bits per heavy atom. The highest BCUT2D eigenvalue weighted by Gasteiger charge is 2.28. The van der Waals surface area contributed by atoms with Crippen molar-refractivity contribution < 1.29 is 18.0 Å². The summed E-state index contributed by atoms with van der Waals surface area (Å²) in [6, 6.07) is 1.35. The molecule has 0 spiro atoms. The van der Waals surface area contributed by atoms with Crippen LogP contribution in [0.3, 0.4) is 0 Å². The summed E-state index contributed by atoms with van der Waals surface area (Å²) in [4.78, 5) is 12.0. The maximum absolute atomic E-state index is 13.4. The van der Waals surface area contributed by atoms with E-state index in [1.54, 1.807) is 0 Å². The molecule has 3 nitrogen and oxygen atoms in total. The fraction of sp³-hybridized carbons (Fsp3) is 0.462. The molecule has 0 saturated carbocycles. The number of rotatable bonds is 2. The van der Waals surface area contributed by atoms with Gasteiger partial charge >= 0.3 is 0 Å². The van der Waals surface area contributed by atoms with Gasteiger partial charge in [-0.2, -0.15) is 0 Å². The third-order valence-corrected chi connectivity index (χ3v) is 3.35. The molecule has 2 atom stereocenters. The molecule has 2 unspecified atom stereocenters. The minimum absolute atomic E-state index is 0.113. The summed E-state index contributed by atoms with van der Waals surface area (Å²) >= 11 is 0. The van der Waals surface area contributed by atoms with E-state index in [0.29, 0.717) is 6.54 Å². The van der Waals surface area contributed by atoms with E-state index >= 15 is 0 Å². The Balaban J connectivity index is 2.12. The zero-order valence-electron chi connectivity index (χ0n) is 10.5. The van der Waals surface area contributed by atoms with Crippen LogP contribution in [0.25, 0.3) is 0 Å². The molecular weight excluding hydrogens is 257 g/mol. The number of carbonyl (C=O) groups excluding carboxylic acids is 1. The van der Waals surface area contributed by atoms with Crippen molar-refractivity contribution in [3.05, 3.63) is 29.6 Å². The molecule has 1 aromatic rings. The highest BCUT2D eigenvalue weighted by Crippen LogP contribution is 2.21. The van der Waals surface area contributed by atoms with E-state index in [1.807, 2.05) is 6.92 Å². The van der Waals surface area contributed by atoms with Gasteiger partial charge in [-0.05, 0) is 37.4 Å². The SMILES string of the molecule is CC1CCCNC1C(=O)Nc1ccc(F)c(F)c1F. The maximum Gasteiger partial charge on any atom is 0.241 e. The van der Waals surface area contributed by atoms with E-state index in [1.165, 1.54) is 0 Å². The third kappa shape index (κ3) is 2.89.